The van der Waals surface area contributed by atoms with Crippen molar-refractivity contribution in [3.05, 3.63) is 78.2 Å². The number of hydrogen-bond donors (Lipinski definition) is 1. The summed E-state index contributed by atoms with van der Waals surface area (Å²) < 4.78 is 10.5. The zero-order valence-corrected chi connectivity index (χ0v) is 20.4. The van der Waals surface area contributed by atoms with Gasteiger partial charge in [-0.1, -0.05) is 43.3 Å². The maximum absolute atomic E-state index is 10.1. The third-order valence-corrected chi connectivity index (χ3v) is 6.42. The lowest BCUT2D eigenvalue weighted by molar-refractivity contribution is 0.0420. The normalized spacial score (nSPS) is 13.6. The average molecular weight is 459 g/mol. The van der Waals surface area contributed by atoms with Crippen LogP contribution in [0, 0.1) is 5.92 Å². The predicted molar refractivity (Wildman–Crippen MR) is 130 cm³/mol. The standard InChI is InChI=1S/C27H30N4O3/c1-17(2)27(5,21-10-7-18(8-11-21)20-13-22(33-6)16-28-14-20)23-12-9-19(15-29-23)24-30-25(34-31-24)26(3,4)32/h7-17,32H,1-6H3/t27-/m1/s1. The summed E-state index contributed by atoms with van der Waals surface area (Å²) in [6, 6.07) is 14.5. The molecule has 34 heavy (non-hydrogen) atoms. The van der Waals surface area contributed by atoms with Gasteiger partial charge >= 0.3 is 0 Å². The lowest BCUT2D eigenvalue weighted by atomic mass is 9.70. The number of benzene rings is 1. The molecule has 4 aromatic rings. The van der Waals surface area contributed by atoms with E-state index in [1.807, 2.05) is 24.4 Å². The van der Waals surface area contributed by atoms with Gasteiger partial charge in [0.15, 0.2) is 0 Å². The van der Waals surface area contributed by atoms with Crippen LogP contribution in [0.4, 0.5) is 0 Å². The third-order valence-electron chi connectivity index (χ3n) is 6.42. The summed E-state index contributed by atoms with van der Waals surface area (Å²) in [6.45, 7) is 9.82. The fourth-order valence-electron chi connectivity index (χ4n) is 3.90. The maximum Gasteiger partial charge on any atom is 0.258 e. The highest BCUT2D eigenvalue weighted by Crippen LogP contribution is 2.39. The SMILES string of the molecule is COc1cncc(-c2ccc([C@](C)(c3ccc(-c4noc(C(C)(C)O)n4)cn3)C(C)C)cc2)c1. The Morgan fingerprint density at radius 3 is 2.18 bits per heavy atom. The molecule has 3 heterocycles. The van der Waals surface area contributed by atoms with Crippen molar-refractivity contribution in [3.8, 4) is 28.3 Å². The highest BCUT2D eigenvalue weighted by Gasteiger charge is 2.34. The summed E-state index contributed by atoms with van der Waals surface area (Å²) >= 11 is 0. The van der Waals surface area contributed by atoms with Crippen molar-refractivity contribution >= 4 is 0 Å². The fourth-order valence-corrected chi connectivity index (χ4v) is 3.90. The van der Waals surface area contributed by atoms with Crippen LogP contribution >= 0.6 is 0 Å². The molecule has 0 amide bonds. The Kier molecular flexibility index (Phi) is 6.23. The Labute approximate surface area is 199 Å². The van der Waals surface area contributed by atoms with E-state index >= 15 is 0 Å². The number of aromatic nitrogens is 4. The molecule has 176 valence electrons. The number of nitrogens with zero attached hydrogens (tertiary/aromatic N) is 4. The topological polar surface area (TPSA) is 94.2 Å². The van der Waals surface area contributed by atoms with Gasteiger partial charge in [0.05, 0.1) is 19.0 Å². The van der Waals surface area contributed by atoms with E-state index in [9.17, 15) is 5.11 Å². The Hall–Kier alpha value is -3.58. The number of aliphatic hydroxyl groups is 1. The van der Waals surface area contributed by atoms with Gasteiger partial charge in [-0.15, -0.1) is 0 Å². The molecule has 7 heteroatoms. The van der Waals surface area contributed by atoms with Gasteiger partial charge in [-0.05, 0) is 56.0 Å². The molecular formula is C27H30N4O3. The van der Waals surface area contributed by atoms with E-state index < -0.39 is 5.60 Å². The predicted octanol–water partition coefficient (Wildman–Crippen LogP) is 5.39. The van der Waals surface area contributed by atoms with E-state index in [-0.39, 0.29) is 11.3 Å². The van der Waals surface area contributed by atoms with E-state index in [1.54, 1.807) is 33.4 Å². The molecule has 1 N–H and O–H groups in total. The lowest BCUT2D eigenvalue weighted by Crippen LogP contribution is -2.31. The number of pyridine rings is 2. The van der Waals surface area contributed by atoms with Crippen LogP contribution in [0.5, 0.6) is 5.75 Å². The summed E-state index contributed by atoms with van der Waals surface area (Å²) in [5, 5.41) is 14.1. The molecule has 0 aliphatic heterocycles. The van der Waals surface area contributed by atoms with Gasteiger partial charge in [-0.3, -0.25) is 9.97 Å². The van der Waals surface area contributed by atoms with Crippen LogP contribution in [0.15, 0.2) is 65.6 Å². The number of rotatable bonds is 7. The zero-order chi connectivity index (χ0) is 24.5. The summed E-state index contributed by atoms with van der Waals surface area (Å²) in [5.74, 6) is 1.60. The van der Waals surface area contributed by atoms with Gasteiger partial charge in [0.1, 0.15) is 11.4 Å². The molecule has 1 atom stereocenters. The molecule has 0 fully saturated rings. The fraction of sp³-hybridized carbons (Fsp3) is 0.333. The lowest BCUT2D eigenvalue weighted by Gasteiger charge is -2.34. The number of hydrogen-bond acceptors (Lipinski definition) is 7. The first-order valence-electron chi connectivity index (χ1n) is 11.3. The van der Waals surface area contributed by atoms with Crippen molar-refractivity contribution in [1.82, 2.24) is 20.1 Å². The van der Waals surface area contributed by atoms with E-state index in [0.717, 1.165) is 28.1 Å². The molecule has 1 aromatic carbocycles. The molecule has 7 nitrogen and oxygen atoms in total. The molecule has 0 spiro atoms. The van der Waals surface area contributed by atoms with Crippen LogP contribution < -0.4 is 4.74 Å². The maximum atomic E-state index is 10.1. The van der Waals surface area contributed by atoms with Crippen molar-refractivity contribution in [1.29, 1.82) is 0 Å². The number of methoxy groups -OCH3 is 1. The Morgan fingerprint density at radius 1 is 0.912 bits per heavy atom. The minimum atomic E-state index is -1.19. The van der Waals surface area contributed by atoms with Gasteiger partial charge in [0, 0.05) is 28.9 Å². The zero-order valence-electron chi connectivity index (χ0n) is 20.4. The first-order valence-corrected chi connectivity index (χ1v) is 11.3. The van der Waals surface area contributed by atoms with Crippen molar-refractivity contribution in [2.24, 2.45) is 5.92 Å². The van der Waals surface area contributed by atoms with Crippen molar-refractivity contribution in [2.45, 2.75) is 45.6 Å². The number of ether oxygens (including phenoxy) is 1. The van der Waals surface area contributed by atoms with Gasteiger partial charge in [-0.25, -0.2) is 0 Å². The summed E-state index contributed by atoms with van der Waals surface area (Å²) in [6.07, 6.45) is 5.29. The first-order chi connectivity index (χ1) is 16.1. The highest BCUT2D eigenvalue weighted by molar-refractivity contribution is 5.64. The smallest absolute Gasteiger partial charge is 0.258 e. The Bertz CT molecular complexity index is 1260. The quantitative estimate of drug-likeness (QED) is 0.397. The minimum Gasteiger partial charge on any atom is -0.495 e. The Morgan fingerprint density at radius 2 is 1.62 bits per heavy atom. The molecule has 0 bridgehead atoms. The van der Waals surface area contributed by atoms with Crippen LogP contribution in [0.1, 0.15) is 51.8 Å². The second-order valence-electron chi connectivity index (χ2n) is 9.46. The summed E-state index contributed by atoms with van der Waals surface area (Å²) in [4.78, 5) is 13.4. The van der Waals surface area contributed by atoms with Gasteiger partial charge in [0.2, 0.25) is 5.82 Å². The first kappa shape index (κ1) is 23.6. The second-order valence-corrected chi connectivity index (χ2v) is 9.46. The van der Waals surface area contributed by atoms with E-state index in [0.29, 0.717) is 11.7 Å². The molecule has 0 saturated carbocycles. The molecule has 0 aliphatic rings. The van der Waals surface area contributed by atoms with Crippen LogP contribution in [-0.2, 0) is 11.0 Å². The second kappa shape index (κ2) is 8.99. The van der Waals surface area contributed by atoms with Crippen molar-refractivity contribution in [2.75, 3.05) is 7.11 Å². The van der Waals surface area contributed by atoms with E-state index in [1.165, 1.54) is 5.56 Å². The molecule has 3 aromatic heterocycles. The van der Waals surface area contributed by atoms with E-state index in [2.05, 4.69) is 60.2 Å². The van der Waals surface area contributed by atoms with Crippen LogP contribution in [0.3, 0.4) is 0 Å². The largest absolute Gasteiger partial charge is 0.495 e. The molecule has 0 unspecified atom stereocenters. The van der Waals surface area contributed by atoms with Crippen molar-refractivity contribution in [3.63, 3.8) is 0 Å². The van der Waals surface area contributed by atoms with Gasteiger partial charge < -0.3 is 14.4 Å². The molecular weight excluding hydrogens is 428 g/mol. The monoisotopic (exact) mass is 458 g/mol. The average Bonchev–Trinajstić information content (AvgIpc) is 3.35. The van der Waals surface area contributed by atoms with Crippen molar-refractivity contribution < 1.29 is 14.4 Å². The van der Waals surface area contributed by atoms with Crippen LogP contribution in [-0.4, -0.2) is 32.3 Å². The Balaban J connectivity index is 1.65. The minimum absolute atomic E-state index is 0.171. The van der Waals surface area contributed by atoms with Crippen LogP contribution in [0.25, 0.3) is 22.5 Å². The molecule has 0 radical (unpaired) electrons. The highest BCUT2D eigenvalue weighted by atomic mass is 16.5. The third kappa shape index (κ3) is 4.43. The van der Waals surface area contributed by atoms with Gasteiger partial charge in [-0.2, -0.15) is 4.98 Å². The van der Waals surface area contributed by atoms with Gasteiger partial charge in [0.25, 0.3) is 5.89 Å². The summed E-state index contributed by atoms with van der Waals surface area (Å²) in [7, 11) is 1.64. The molecule has 0 aliphatic carbocycles. The molecule has 4 rings (SSSR count). The molecule has 0 saturated heterocycles. The van der Waals surface area contributed by atoms with E-state index in [4.69, 9.17) is 14.2 Å². The van der Waals surface area contributed by atoms with Crippen LogP contribution in [0.2, 0.25) is 0 Å². The summed E-state index contributed by atoms with van der Waals surface area (Å²) in [5.41, 5.74) is 3.44.